The number of nitrogens with two attached hydrogens (primary N) is 1. The van der Waals surface area contributed by atoms with Crippen LogP contribution >= 0.6 is 0 Å². The van der Waals surface area contributed by atoms with Crippen LogP contribution in [-0.4, -0.2) is 19.3 Å². The third-order valence-corrected chi connectivity index (χ3v) is 4.16. The van der Waals surface area contributed by atoms with Gasteiger partial charge in [-0.25, -0.2) is 8.42 Å². The SMILES string of the molecule is CCS(=O)(=O)c1ccc(-c2cc(N)no2)cc1. The third-order valence-electron chi connectivity index (χ3n) is 2.41. The van der Waals surface area contributed by atoms with Gasteiger partial charge >= 0.3 is 0 Å². The Balaban J connectivity index is 2.37. The lowest BCUT2D eigenvalue weighted by atomic mass is 10.2. The molecule has 0 aliphatic rings. The van der Waals surface area contributed by atoms with Crippen LogP contribution in [0.1, 0.15) is 6.92 Å². The molecule has 0 saturated carbocycles. The standard InChI is InChI=1S/C11H12N2O3S/c1-2-17(14,15)9-5-3-8(4-6-9)10-7-11(12)13-16-10/h3-7H,2H2,1H3,(H2,12,13). The summed E-state index contributed by atoms with van der Waals surface area (Å²) in [6.45, 7) is 1.61. The highest BCUT2D eigenvalue weighted by atomic mass is 32.2. The number of hydrogen-bond acceptors (Lipinski definition) is 5. The molecule has 2 aromatic rings. The highest BCUT2D eigenvalue weighted by molar-refractivity contribution is 7.91. The van der Waals surface area contributed by atoms with E-state index in [2.05, 4.69) is 5.16 Å². The van der Waals surface area contributed by atoms with Crippen molar-refractivity contribution in [2.45, 2.75) is 11.8 Å². The molecule has 1 aromatic carbocycles. The van der Waals surface area contributed by atoms with Gasteiger partial charge < -0.3 is 10.3 Å². The topological polar surface area (TPSA) is 86.2 Å². The Morgan fingerprint density at radius 1 is 1.29 bits per heavy atom. The Morgan fingerprint density at radius 3 is 2.41 bits per heavy atom. The Labute approximate surface area is 99.1 Å². The van der Waals surface area contributed by atoms with Gasteiger partial charge in [0.25, 0.3) is 0 Å². The summed E-state index contributed by atoms with van der Waals surface area (Å²) < 4.78 is 28.2. The summed E-state index contributed by atoms with van der Waals surface area (Å²) in [5.41, 5.74) is 6.18. The van der Waals surface area contributed by atoms with E-state index >= 15 is 0 Å². The molecule has 1 heterocycles. The van der Waals surface area contributed by atoms with Gasteiger partial charge in [-0.3, -0.25) is 0 Å². The molecule has 1 aromatic heterocycles. The summed E-state index contributed by atoms with van der Waals surface area (Å²) in [6.07, 6.45) is 0. The van der Waals surface area contributed by atoms with Gasteiger partial charge in [-0.15, -0.1) is 0 Å². The zero-order chi connectivity index (χ0) is 12.5. The van der Waals surface area contributed by atoms with Gasteiger partial charge in [-0.1, -0.05) is 12.1 Å². The van der Waals surface area contributed by atoms with Crippen molar-refractivity contribution in [1.82, 2.24) is 5.16 Å². The van der Waals surface area contributed by atoms with Gasteiger partial charge in [0.1, 0.15) is 0 Å². The smallest absolute Gasteiger partial charge is 0.178 e. The first kappa shape index (κ1) is 11.7. The molecule has 0 atom stereocenters. The molecule has 0 amide bonds. The van der Waals surface area contributed by atoms with E-state index in [9.17, 15) is 8.42 Å². The van der Waals surface area contributed by atoms with Gasteiger partial charge in [0.15, 0.2) is 21.4 Å². The van der Waals surface area contributed by atoms with E-state index < -0.39 is 9.84 Å². The Bertz CT molecular complexity index is 614. The molecule has 0 bridgehead atoms. The highest BCUT2D eigenvalue weighted by Gasteiger charge is 2.12. The normalized spacial score (nSPS) is 11.6. The lowest BCUT2D eigenvalue weighted by Crippen LogP contribution is -2.02. The van der Waals surface area contributed by atoms with Crippen molar-refractivity contribution in [3.8, 4) is 11.3 Å². The largest absolute Gasteiger partial charge is 0.381 e. The molecule has 2 rings (SSSR count). The summed E-state index contributed by atoms with van der Waals surface area (Å²) in [7, 11) is -3.16. The van der Waals surface area contributed by atoms with Crippen LogP contribution in [0, 0.1) is 0 Å². The predicted molar refractivity (Wildman–Crippen MR) is 64.1 cm³/mol. The minimum absolute atomic E-state index is 0.0849. The molecule has 0 aliphatic heterocycles. The van der Waals surface area contributed by atoms with Crippen molar-refractivity contribution < 1.29 is 12.9 Å². The summed E-state index contributed by atoms with van der Waals surface area (Å²) in [5.74, 6) is 0.898. The molecular formula is C11H12N2O3S. The first-order chi connectivity index (χ1) is 8.03. The van der Waals surface area contributed by atoms with Crippen molar-refractivity contribution in [3.63, 3.8) is 0 Å². The van der Waals surface area contributed by atoms with E-state index in [1.165, 1.54) is 0 Å². The second-order valence-electron chi connectivity index (χ2n) is 3.54. The minimum Gasteiger partial charge on any atom is -0.381 e. The number of nitrogen functional groups attached to an aromatic ring is 1. The molecule has 5 nitrogen and oxygen atoms in total. The predicted octanol–water partition coefficient (Wildman–Crippen LogP) is 1.72. The molecule has 17 heavy (non-hydrogen) atoms. The zero-order valence-corrected chi connectivity index (χ0v) is 10.1. The van der Waals surface area contributed by atoms with Gasteiger partial charge in [0, 0.05) is 11.6 Å². The molecule has 0 spiro atoms. The van der Waals surface area contributed by atoms with Crippen molar-refractivity contribution >= 4 is 15.7 Å². The van der Waals surface area contributed by atoms with Crippen LogP contribution in [0.4, 0.5) is 5.82 Å². The van der Waals surface area contributed by atoms with Gasteiger partial charge in [0.05, 0.1) is 10.6 Å². The number of anilines is 1. The van der Waals surface area contributed by atoms with Crippen LogP contribution in [-0.2, 0) is 9.84 Å². The quantitative estimate of drug-likeness (QED) is 0.898. The number of nitrogens with zero attached hydrogens (tertiary/aromatic N) is 1. The molecule has 0 unspecified atom stereocenters. The van der Waals surface area contributed by atoms with Crippen molar-refractivity contribution in [3.05, 3.63) is 30.3 Å². The molecule has 0 fully saturated rings. The summed E-state index contributed by atoms with van der Waals surface area (Å²) in [6, 6.07) is 8.02. The Hall–Kier alpha value is -1.82. The molecule has 6 heteroatoms. The lowest BCUT2D eigenvalue weighted by Gasteiger charge is -2.01. The maximum Gasteiger partial charge on any atom is 0.178 e. The minimum atomic E-state index is -3.16. The Morgan fingerprint density at radius 2 is 1.94 bits per heavy atom. The average Bonchev–Trinajstić information content (AvgIpc) is 2.76. The van der Waals surface area contributed by atoms with E-state index in [0.29, 0.717) is 16.5 Å². The van der Waals surface area contributed by atoms with Crippen molar-refractivity contribution in [1.29, 1.82) is 0 Å². The fourth-order valence-electron chi connectivity index (χ4n) is 1.42. The van der Waals surface area contributed by atoms with Gasteiger partial charge in [0.2, 0.25) is 0 Å². The lowest BCUT2D eigenvalue weighted by molar-refractivity contribution is 0.436. The number of benzene rings is 1. The number of sulfone groups is 1. The van der Waals surface area contributed by atoms with E-state index in [1.807, 2.05) is 0 Å². The van der Waals surface area contributed by atoms with Crippen LogP contribution in [0.2, 0.25) is 0 Å². The molecular weight excluding hydrogens is 240 g/mol. The fourth-order valence-corrected chi connectivity index (χ4v) is 2.30. The molecule has 0 aliphatic carbocycles. The second kappa shape index (κ2) is 4.21. The van der Waals surface area contributed by atoms with Crippen molar-refractivity contribution in [2.75, 3.05) is 11.5 Å². The number of rotatable bonds is 3. The van der Waals surface area contributed by atoms with Gasteiger partial charge in [-0.2, -0.15) is 0 Å². The van der Waals surface area contributed by atoms with Crippen LogP contribution in [0.5, 0.6) is 0 Å². The van der Waals surface area contributed by atoms with Crippen LogP contribution in [0.25, 0.3) is 11.3 Å². The second-order valence-corrected chi connectivity index (χ2v) is 5.82. The first-order valence-corrected chi connectivity index (χ1v) is 6.73. The number of hydrogen-bond donors (Lipinski definition) is 1. The van der Waals surface area contributed by atoms with E-state index in [4.69, 9.17) is 10.3 Å². The zero-order valence-electron chi connectivity index (χ0n) is 9.25. The van der Waals surface area contributed by atoms with Crippen LogP contribution < -0.4 is 5.73 Å². The van der Waals surface area contributed by atoms with E-state index in [0.717, 1.165) is 5.56 Å². The van der Waals surface area contributed by atoms with Gasteiger partial charge in [-0.05, 0) is 24.3 Å². The highest BCUT2D eigenvalue weighted by Crippen LogP contribution is 2.23. The summed E-state index contributed by atoms with van der Waals surface area (Å²) in [5, 5.41) is 3.56. The molecule has 0 radical (unpaired) electrons. The van der Waals surface area contributed by atoms with Crippen LogP contribution in [0.15, 0.2) is 39.8 Å². The summed E-state index contributed by atoms with van der Waals surface area (Å²) >= 11 is 0. The number of aromatic nitrogens is 1. The van der Waals surface area contributed by atoms with Crippen LogP contribution in [0.3, 0.4) is 0 Å². The third kappa shape index (κ3) is 2.31. The van der Waals surface area contributed by atoms with E-state index in [-0.39, 0.29) is 5.75 Å². The fraction of sp³-hybridized carbons (Fsp3) is 0.182. The molecule has 0 saturated heterocycles. The Kier molecular flexibility index (Phi) is 2.89. The first-order valence-electron chi connectivity index (χ1n) is 5.08. The molecule has 2 N–H and O–H groups in total. The molecule has 90 valence electrons. The average molecular weight is 252 g/mol. The maximum absolute atomic E-state index is 11.6. The summed E-state index contributed by atoms with van der Waals surface area (Å²) in [4.78, 5) is 0.302. The monoisotopic (exact) mass is 252 g/mol. The van der Waals surface area contributed by atoms with Crippen molar-refractivity contribution in [2.24, 2.45) is 0 Å². The van der Waals surface area contributed by atoms with E-state index in [1.54, 1.807) is 37.3 Å². The maximum atomic E-state index is 11.6.